The number of carbonyl (C=O) groups excluding carboxylic acids is 2. The minimum Gasteiger partial charge on any atom is -0.500 e. The monoisotopic (exact) mass is 437 g/mol. The fourth-order valence-electron chi connectivity index (χ4n) is 4.03. The van der Waals surface area contributed by atoms with Crippen LogP contribution in [-0.2, 0) is 9.59 Å². The number of nitrogens with one attached hydrogen (secondary N) is 1. The van der Waals surface area contributed by atoms with Gasteiger partial charge >= 0.3 is 0 Å². The molecule has 170 valence electrons. The summed E-state index contributed by atoms with van der Waals surface area (Å²) in [6, 6.07) is 3.53. The van der Waals surface area contributed by atoms with Gasteiger partial charge in [0, 0.05) is 18.7 Å². The van der Waals surface area contributed by atoms with Crippen molar-refractivity contribution in [3.63, 3.8) is 0 Å². The van der Waals surface area contributed by atoms with E-state index < -0.39 is 0 Å². The molecule has 0 aromatic heterocycles. The second-order valence-corrected chi connectivity index (χ2v) is 8.67. The molecular formula is C26H33N2O4+. The zero-order chi connectivity index (χ0) is 23.3. The summed E-state index contributed by atoms with van der Waals surface area (Å²) in [6.07, 6.45) is 10.4. The van der Waals surface area contributed by atoms with Crippen LogP contribution in [0.2, 0.25) is 0 Å². The highest BCUT2D eigenvalue weighted by atomic mass is 16.5. The topological polar surface area (TPSA) is 80.4 Å². The average molecular weight is 438 g/mol. The van der Waals surface area contributed by atoms with Crippen LogP contribution in [-0.4, -0.2) is 36.0 Å². The molecule has 1 aromatic carbocycles. The number of rotatable bonds is 11. The quantitative estimate of drug-likeness (QED) is 0.238. The number of aromatic hydroxyl groups is 1. The predicted molar refractivity (Wildman–Crippen MR) is 126 cm³/mol. The number of hydrogen-bond acceptors (Lipinski definition) is 5. The zero-order valence-electron chi connectivity index (χ0n) is 19.4. The number of aliphatic imine (C=N–C) groups is 1. The van der Waals surface area contributed by atoms with E-state index in [-0.39, 0.29) is 23.7 Å². The predicted octanol–water partition coefficient (Wildman–Crippen LogP) is 3.93. The molecule has 0 amide bonds. The third-order valence-corrected chi connectivity index (χ3v) is 5.84. The van der Waals surface area contributed by atoms with Crippen molar-refractivity contribution in [1.29, 1.82) is 0 Å². The van der Waals surface area contributed by atoms with Crippen LogP contribution in [0.1, 0.15) is 58.4 Å². The first kappa shape index (κ1) is 23.7. The third-order valence-electron chi connectivity index (χ3n) is 5.84. The van der Waals surface area contributed by atoms with Gasteiger partial charge in [-0.25, -0.2) is 0 Å². The van der Waals surface area contributed by atoms with E-state index in [0.29, 0.717) is 30.3 Å². The minimum absolute atomic E-state index is 0.0217. The highest BCUT2D eigenvalue weighted by Crippen LogP contribution is 2.35. The van der Waals surface area contributed by atoms with Gasteiger partial charge in [0.25, 0.3) is 0 Å². The molecule has 0 radical (unpaired) electrons. The van der Waals surface area contributed by atoms with Crippen LogP contribution < -0.4 is 9.64 Å². The largest absolute Gasteiger partial charge is 0.500 e. The lowest BCUT2D eigenvalue weighted by Crippen LogP contribution is -3.01. The molecule has 2 aliphatic rings. The van der Waals surface area contributed by atoms with E-state index in [2.05, 4.69) is 32.0 Å². The fourth-order valence-corrected chi connectivity index (χ4v) is 4.03. The number of ketones is 2. The maximum Gasteiger partial charge on any atom is 0.220 e. The van der Waals surface area contributed by atoms with Crippen molar-refractivity contribution in [2.45, 2.75) is 52.9 Å². The number of ether oxygens (including phenoxy) is 1. The number of quaternary nitrogens is 1. The van der Waals surface area contributed by atoms with Gasteiger partial charge in [0.05, 0.1) is 19.1 Å². The first-order chi connectivity index (χ1) is 15.3. The summed E-state index contributed by atoms with van der Waals surface area (Å²) in [5.74, 6) is 0.548. The maximum absolute atomic E-state index is 12.2. The maximum atomic E-state index is 12.2. The van der Waals surface area contributed by atoms with E-state index in [1.165, 1.54) is 18.8 Å². The molecule has 0 fully saturated rings. The zero-order valence-corrected chi connectivity index (χ0v) is 19.4. The van der Waals surface area contributed by atoms with Gasteiger partial charge in [-0.3, -0.25) is 19.5 Å². The van der Waals surface area contributed by atoms with Gasteiger partial charge in [0.1, 0.15) is 24.2 Å². The Labute approximate surface area is 190 Å². The van der Waals surface area contributed by atoms with Crippen molar-refractivity contribution in [3.8, 4) is 11.5 Å². The minimum atomic E-state index is -0.216. The third kappa shape index (κ3) is 5.43. The Kier molecular flexibility index (Phi) is 7.80. The molecule has 3 rings (SSSR count). The van der Waals surface area contributed by atoms with E-state index in [4.69, 9.17) is 4.74 Å². The molecule has 2 aliphatic heterocycles. The van der Waals surface area contributed by atoms with Crippen LogP contribution >= 0.6 is 0 Å². The van der Waals surface area contributed by atoms with Crippen LogP contribution in [0.4, 0.5) is 5.69 Å². The summed E-state index contributed by atoms with van der Waals surface area (Å²) in [5.41, 5.74) is 4.74. The molecule has 0 saturated carbocycles. The second-order valence-electron chi connectivity index (χ2n) is 8.67. The molecule has 1 aromatic rings. The molecule has 0 saturated heterocycles. The Morgan fingerprint density at radius 3 is 2.75 bits per heavy atom. The lowest BCUT2D eigenvalue weighted by atomic mass is 9.97. The Morgan fingerprint density at radius 1 is 1.28 bits per heavy atom. The molecule has 2 N–H and O–H groups in total. The molecule has 0 aliphatic carbocycles. The number of benzene rings is 1. The van der Waals surface area contributed by atoms with Crippen molar-refractivity contribution in [2.24, 2.45) is 10.9 Å². The first-order valence-corrected chi connectivity index (χ1v) is 11.3. The van der Waals surface area contributed by atoms with Gasteiger partial charge in [0.2, 0.25) is 5.75 Å². The summed E-state index contributed by atoms with van der Waals surface area (Å²) in [6.45, 7) is 7.00. The van der Waals surface area contributed by atoms with Gasteiger partial charge in [-0.2, -0.15) is 0 Å². The number of Topliss-reactive ketones (excluding diaryl/α,β-unsaturated/α-hetero) is 1. The lowest BCUT2D eigenvalue weighted by molar-refractivity contribution is -0.760. The van der Waals surface area contributed by atoms with Gasteiger partial charge in [-0.1, -0.05) is 39.7 Å². The van der Waals surface area contributed by atoms with Gasteiger partial charge < -0.3 is 9.84 Å². The average Bonchev–Trinajstić information content (AvgIpc) is 3.33. The number of hydrogen-bond donors (Lipinski definition) is 2. The number of fused-ring (bicyclic) bond motifs is 1. The number of allylic oxidation sites excluding steroid dienone is 2. The molecular weight excluding hydrogens is 404 g/mol. The Morgan fingerprint density at radius 2 is 2.06 bits per heavy atom. The number of phenols is 1. The summed E-state index contributed by atoms with van der Waals surface area (Å²) < 4.78 is 5.37. The second kappa shape index (κ2) is 10.6. The highest BCUT2D eigenvalue weighted by Gasteiger charge is 2.34. The smallest absolute Gasteiger partial charge is 0.220 e. The molecule has 32 heavy (non-hydrogen) atoms. The van der Waals surface area contributed by atoms with Gasteiger partial charge in [-0.15, -0.1) is 0 Å². The molecule has 6 nitrogen and oxygen atoms in total. The number of nitrogens with zero attached hydrogens (tertiary/aromatic N) is 1. The number of carbonyl (C=O) groups is 2. The Bertz CT molecular complexity index is 1010. The number of unbranched alkanes of at least 4 members (excludes halogenated alkanes) is 2. The van der Waals surface area contributed by atoms with Crippen LogP contribution in [0.5, 0.6) is 11.5 Å². The van der Waals surface area contributed by atoms with Crippen molar-refractivity contribution >= 4 is 29.0 Å². The SMILES string of the molecule is CCCCCC(=O)CC(=O)C=Cc1cc(OC)c(O)c([NH+]2C=C3C(C(C)C)=CN=C3C2)c1. The van der Waals surface area contributed by atoms with E-state index in [1.54, 1.807) is 12.1 Å². The van der Waals surface area contributed by atoms with Crippen molar-refractivity contribution < 1.29 is 24.3 Å². The summed E-state index contributed by atoms with van der Waals surface area (Å²) >= 11 is 0. The molecule has 0 bridgehead atoms. The normalized spacial score (nSPS) is 17.4. The van der Waals surface area contributed by atoms with Crippen LogP contribution in [0, 0.1) is 5.92 Å². The Balaban J connectivity index is 1.77. The van der Waals surface area contributed by atoms with E-state index in [9.17, 15) is 14.7 Å². The van der Waals surface area contributed by atoms with Crippen molar-refractivity contribution in [1.82, 2.24) is 0 Å². The number of phenolic OH excluding ortho intramolecular Hbond substituents is 1. The van der Waals surface area contributed by atoms with Crippen LogP contribution in [0.15, 0.2) is 46.7 Å². The summed E-state index contributed by atoms with van der Waals surface area (Å²) in [5, 5.41) is 10.7. The molecule has 2 heterocycles. The molecule has 0 spiro atoms. The van der Waals surface area contributed by atoms with E-state index in [0.717, 1.165) is 41.0 Å². The van der Waals surface area contributed by atoms with E-state index >= 15 is 0 Å². The highest BCUT2D eigenvalue weighted by molar-refractivity contribution is 6.08. The standard InChI is InChI=1S/C26H32N2O4/c1-5-6-7-8-19(29)13-20(30)10-9-18-11-24(26(31)25(12-18)32-4)28-15-22-21(17(2)3)14-27-23(22)16-28/h9-12,14-15,17,31H,5-8,13,16H2,1-4H3/p+1. The van der Waals surface area contributed by atoms with Crippen molar-refractivity contribution in [3.05, 3.63) is 47.3 Å². The van der Waals surface area contributed by atoms with Crippen LogP contribution in [0.25, 0.3) is 6.08 Å². The van der Waals surface area contributed by atoms with Crippen molar-refractivity contribution in [2.75, 3.05) is 13.7 Å². The summed E-state index contributed by atoms with van der Waals surface area (Å²) in [4.78, 5) is 29.7. The van der Waals surface area contributed by atoms with Gasteiger partial charge in [-0.05, 0) is 35.6 Å². The molecule has 1 unspecified atom stereocenters. The van der Waals surface area contributed by atoms with Gasteiger partial charge in [0.15, 0.2) is 17.2 Å². The van der Waals surface area contributed by atoms with E-state index in [1.807, 2.05) is 12.3 Å². The Hall–Kier alpha value is -2.99. The molecule has 6 heteroatoms. The number of methoxy groups -OCH3 is 1. The first-order valence-electron chi connectivity index (χ1n) is 11.3. The fraction of sp³-hybridized carbons (Fsp3) is 0.423. The summed E-state index contributed by atoms with van der Waals surface area (Å²) in [7, 11) is 1.50. The lowest BCUT2D eigenvalue weighted by Gasteiger charge is -2.14. The molecule has 1 atom stereocenters. The van der Waals surface area contributed by atoms with Crippen LogP contribution in [0.3, 0.4) is 0 Å².